The SMILES string of the molecule is COc1ccc2ncc(C#N)c(CCN3CCC(C)(CN(C(=O)O)C(C)(C)C)C3)c2c1. The standard InChI is InChI=1S/C24H32N4O3/c1-23(2,3)28(22(29)30)16-24(4)9-11-27(15-24)10-8-19-17(13-25)14-26-21-7-6-18(31-5)12-20(19)21/h6-7,12,14H,8-11,15-16H2,1-5H3,(H,29,30). The summed E-state index contributed by atoms with van der Waals surface area (Å²) >= 11 is 0. The lowest BCUT2D eigenvalue weighted by molar-refractivity contribution is 0.0698. The van der Waals surface area contributed by atoms with Crippen molar-refractivity contribution in [2.75, 3.05) is 33.3 Å². The van der Waals surface area contributed by atoms with Crippen molar-refractivity contribution in [2.24, 2.45) is 5.41 Å². The highest BCUT2D eigenvalue weighted by atomic mass is 16.5. The number of aromatic nitrogens is 1. The molecule has 1 unspecified atom stereocenters. The van der Waals surface area contributed by atoms with Gasteiger partial charge in [0.2, 0.25) is 0 Å². The lowest BCUT2D eigenvalue weighted by Crippen LogP contribution is -2.50. The van der Waals surface area contributed by atoms with E-state index in [-0.39, 0.29) is 5.41 Å². The summed E-state index contributed by atoms with van der Waals surface area (Å²) in [6, 6.07) is 8.01. The zero-order valence-electron chi connectivity index (χ0n) is 19.1. The molecule has 0 radical (unpaired) electrons. The molecule has 1 saturated heterocycles. The molecule has 1 aromatic heterocycles. The maximum atomic E-state index is 11.8. The van der Waals surface area contributed by atoms with E-state index in [1.54, 1.807) is 18.2 Å². The Kier molecular flexibility index (Phi) is 6.42. The summed E-state index contributed by atoms with van der Waals surface area (Å²) in [5, 5.41) is 20.2. The average molecular weight is 425 g/mol. The van der Waals surface area contributed by atoms with E-state index in [1.807, 2.05) is 39.0 Å². The van der Waals surface area contributed by atoms with E-state index in [4.69, 9.17) is 4.74 Å². The van der Waals surface area contributed by atoms with Gasteiger partial charge in [0.05, 0.1) is 18.2 Å². The van der Waals surface area contributed by atoms with Crippen LogP contribution >= 0.6 is 0 Å². The first-order chi connectivity index (χ1) is 14.6. The molecular weight excluding hydrogens is 392 g/mol. The molecule has 7 heteroatoms. The van der Waals surface area contributed by atoms with Crippen molar-refractivity contribution in [3.63, 3.8) is 0 Å². The number of ether oxygens (including phenoxy) is 1. The summed E-state index contributed by atoms with van der Waals surface area (Å²) in [4.78, 5) is 20.1. The Morgan fingerprint density at radius 3 is 2.77 bits per heavy atom. The molecule has 2 heterocycles. The van der Waals surface area contributed by atoms with Crippen LogP contribution in [0.3, 0.4) is 0 Å². The summed E-state index contributed by atoms with van der Waals surface area (Å²) in [6.07, 6.45) is 2.45. The van der Waals surface area contributed by atoms with Crippen LogP contribution in [-0.4, -0.2) is 64.8 Å². The van der Waals surface area contributed by atoms with Crippen molar-refractivity contribution < 1.29 is 14.6 Å². The summed E-state index contributed by atoms with van der Waals surface area (Å²) < 4.78 is 5.37. The Labute approximate surface area is 184 Å². The number of carboxylic acid groups (broad SMARTS) is 1. The molecule has 1 amide bonds. The van der Waals surface area contributed by atoms with Crippen LogP contribution in [0.1, 0.15) is 45.2 Å². The molecule has 1 aliphatic rings. The Bertz CT molecular complexity index is 1010. The number of carbonyl (C=O) groups is 1. The second-order valence-corrected chi connectivity index (χ2v) is 9.77. The van der Waals surface area contributed by atoms with Crippen LogP contribution in [0, 0.1) is 16.7 Å². The van der Waals surface area contributed by atoms with Crippen LogP contribution in [0.5, 0.6) is 5.75 Å². The number of hydrogen-bond acceptors (Lipinski definition) is 5. The summed E-state index contributed by atoms with van der Waals surface area (Å²) in [5.41, 5.74) is 1.91. The number of hydrogen-bond donors (Lipinski definition) is 1. The predicted octanol–water partition coefficient (Wildman–Crippen LogP) is 4.15. The summed E-state index contributed by atoms with van der Waals surface area (Å²) in [6.45, 7) is 11.0. The molecule has 1 aromatic carbocycles. The predicted molar refractivity (Wildman–Crippen MR) is 120 cm³/mol. The monoisotopic (exact) mass is 424 g/mol. The van der Waals surface area contributed by atoms with Crippen LogP contribution in [0.25, 0.3) is 10.9 Å². The maximum Gasteiger partial charge on any atom is 0.407 e. The van der Waals surface area contributed by atoms with Crippen LogP contribution in [0.15, 0.2) is 24.4 Å². The Balaban J connectivity index is 1.75. The Hall–Kier alpha value is -2.85. The molecular formula is C24H32N4O3. The van der Waals surface area contributed by atoms with Crippen molar-refractivity contribution in [2.45, 2.75) is 46.1 Å². The van der Waals surface area contributed by atoms with E-state index in [2.05, 4.69) is 22.9 Å². The Morgan fingerprint density at radius 2 is 2.16 bits per heavy atom. The molecule has 166 valence electrons. The van der Waals surface area contributed by atoms with E-state index in [9.17, 15) is 15.2 Å². The fraction of sp³-hybridized carbons (Fsp3) is 0.542. The highest BCUT2D eigenvalue weighted by Crippen LogP contribution is 2.33. The molecule has 0 aliphatic carbocycles. The fourth-order valence-electron chi connectivity index (χ4n) is 4.41. The smallest absolute Gasteiger partial charge is 0.407 e. The van der Waals surface area contributed by atoms with Gasteiger partial charge in [-0.15, -0.1) is 0 Å². The number of methoxy groups -OCH3 is 1. The van der Waals surface area contributed by atoms with Crippen molar-refractivity contribution in [3.05, 3.63) is 35.5 Å². The molecule has 3 rings (SSSR count). The third kappa shape index (κ3) is 5.08. The van der Waals surface area contributed by atoms with E-state index in [0.717, 1.165) is 54.7 Å². The molecule has 1 fully saturated rings. The summed E-state index contributed by atoms with van der Waals surface area (Å²) in [5.74, 6) is 0.746. The zero-order valence-corrected chi connectivity index (χ0v) is 19.1. The first-order valence-electron chi connectivity index (χ1n) is 10.6. The fourth-order valence-corrected chi connectivity index (χ4v) is 4.41. The molecule has 1 aliphatic heterocycles. The van der Waals surface area contributed by atoms with Gasteiger partial charge in [-0.1, -0.05) is 6.92 Å². The van der Waals surface area contributed by atoms with Crippen molar-refractivity contribution in [3.8, 4) is 11.8 Å². The lowest BCUT2D eigenvalue weighted by Gasteiger charge is -2.39. The topological polar surface area (TPSA) is 89.7 Å². The van der Waals surface area contributed by atoms with Gasteiger partial charge in [-0.3, -0.25) is 4.98 Å². The van der Waals surface area contributed by atoms with E-state index in [0.29, 0.717) is 12.1 Å². The minimum absolute atomic E-state index is 0.0900. The van der Waals surface area contributed by atoms with Crippen LogP contribution < -0.4 is 4.74 Å². The molecule has 0 spiro atoms. The number of amides is 1. The van der Waals surface area contributed by atoms with Gasteiger partial charge >= 0.3 is 6.09 Å². The summed E-state index contributed by atoms with van der Waals surface area (Å²) in [7, 11) is 1.63. The molecule has 0 bridgehead atoms. The molecule has 1 N–H and O–H groups in total. The number of fused-ring (bicyclic) bond motifs is 1. The van der Waals surface area contributed by atoms with Crippen LogP contribution in [0.4, 0.5) is 4.79 Å². The van der Waals surface area contributed by atoms with Gasteiger partial charge in [0.15, 0.2) is 0 Å². The average Bonchev–Trinajstić information content (AvgIpc) is 3.09. The lowest BCUT2D eigenvalue weighted by atomic mass is 9.87. The van der Waals surface area contributed by atoms with Gasteiger partial charge < -0.3 is 19.6 Å². The van der Waals surface area contributed by atoms with Crippen LogP contribution in [-0.2, 0) is 6.42 Å². The second-order valence-electron chi connectivity index (χ2n) is 9.77. The van der Waals surface area contributed by atoms with Gasteiger partial charge in [0.25, 0.3) is 0 Å². The number of pyridine rings is 1. The normalized spacial score (nSPS) is 19.4. The van der Waals surface area contributed by atoms with Gasteiger partial charge in [-0.2, -0.15) is 5.26 Å². The quantitative estimate of drug-likeness (QED) is 0.749. The van der Waals surface area contributed by atoms with E-state index in [1.165, 1.54) is 0 Å². The van der Waals surface area contributed by atoms with Gasteiger partial charge in [-0.05, 0) is 69.3 Å². The number of nitriles is 1. The third-order valence-corrected chi connectivity index (χ3v) is 6.20. The molecule has 2 aromatic rings. The van der Waals surface area contributed by atoms with Crippen molar-refractivity contribution in [1.29, 1.82) is 5.26 Å². The molecule has 31 heavy (non-hydrogen) atoms. The van der Waals surface area contributed by atoms with Gasteiger partial charge in [0, 0.05) is 36.8 Å². The minimum atomic E-state index is -0.872. The Morgan fingerprint density at radius 1 is 1.42 bits per heavy atom. The van der Waals surface area contributed by atoms with Crippen molar-refractivity contribution >= 4 is 17.0 Å². The number of nitrogens with zero attached hydrogens (tertiary/aromatic N) is 4. The number of rotatable bonds is 6. The second kappa shape index (κ2) is 8.72. The molecule has 7 nitrogen and oxygen atoms in total. The number of benzene rings is 1. The largest absolute Gasteiger partial charge is 0.497 e. The first-order valence-corrected chi connectivity index (χ1v) is 10.6. The minimum Gasteiger partial charge on any atom is -0.497 e. The van der Waals surface area contributed by atoms with Gasteiger partial charge in [-0.25, -0.2) is 4.79 Å². The van der Waals surface area contributed by atoms with Gasteiger partial charge in [0.1, 0.15) is 11.8 Å². The highest BCUT2D eigenvalue weighted by Gasteiger charge is 2.39. The zero-order chi connectivity index (χ0) is 22.8. The first kappa shape index (κ1) is 22.8. The maximum absolute atomic E-state index is 11.8. The van der Waals surface area contributed by atoms with Crippen molar-refractivity contribution in [1.82, 2.24) is 14.8 Å². The molecule has 1 atom stereocenters. The van der Waals surface area contributed by atoms with E-state index >= 15 is 0 Å². The third-order valence-electron chi connectivity index (χ3n) is 6.20. The van der Waals surface area contributed by atoms with E-state index < -0.39 is 11.6 Å². The molecule has 0 saturated carbocycles. The number of likely N-dealkylation sites (tertiary alicyclic amines) is 1. The van der Waals surface area contributed by atoms with Crippen LogP contribution in [0.2, 0.25) is 0 Å². The highest BCUT2D eigenvalue weighted by molar-refractivity contribution is 5.85.